The molecule has 20 heavy (non-hydrogen) atoms. The Morgan fingerprint density at radius 3 is 2.60 bits per heavy atom. The first-order valence-electron chi connectivity index (χ1n) is 6.54. The van der Waals surface area contributed by atoms with Crippen molar-refractivity contribution in [3.8, 4) is 12.3 Å². The van der Waals surface area contributed by atoms with Gasteiger partial charge in [0.25, 0.3) is 5.91 Å². The number of terminal acetylenes is 1. The highest BCUT2D eigenvalue weighted by Gasteiger charge is 2.28. The minimum atomic E-state index is -0.601. The summed E-state index contributed by atoms with van der Waals surface area (Å²) in [6.45, 7) is 3.94. The van der Waals surface area contributed by atoms with Gasteiger partial charge >= 0.3 is 0 Å². The first kappa shape index (κ1) is 14.9. The smallest absolute Gasteiger partial charge is 0.264 e. The zero-order valence-corrected chi connectivity index (χ0v) is 13.1. The summed E-state index contributed by atoms with van der Waals surface area (Å²) in [4.78, 5) is 13.0. The van der Waals surface area contributed by atoms with Gasteiger partial charge in [-0.2, -0.15) is 0 Å². The summed E-state index contributed by atoms with van der Waals surface area (Å²) in [5, 5.41) is 4.36. The van der Waals surface area contributed by atoms with Gasteiger partial charge in [0.1, 0.15) is 10.4 Å². The Labute approximate surface area is 128 Å². The van der Waals surface area contributed by atoms with Gasteiger partial charge in [0.2, 0.25) is 0 Å². The molecule has 4 heteroatoms. The van der Waals surface area contributed by atoms with Gasteiger partial charge < -0.3 is 5.32 Å². The Morgan fingerprint density at radius 2 is 2.05 bits per heavy atom. The van der Waals surface area contributed by atoms with E-state index in [1.807, 2.05) is 38.1 Å². The summed E-state index contributed by atoms with van der Waals surface area (Å²) >= 11 is 7.70. The van der Waals surface area contributed by atoms with Crippen LogP contribution in [0, 0.1) is 12.3 Å². The van der Waals surface area contributed by atoms with Crippen LogP contribution in [0.3, 0.4) is 0 Å². The summed E-state index contributed by atoms with van der Waals surface area (Å²) in [5.41, 5.74) is -0.601. The highest BCUT2D eigenvalue weighted by atomic mass is 35.5. The van der Waals surface area contributed by atoms with Crippen molar-refractivity contribution in [3.63, 3.8) is 0 Å². The van der Waals surface area contributed by atoms with Crippen molar-refractivity contribution in [2.75, 3.05) is 0 Å². The van der Waals surface area contributed by atoms with E-state index in [1.54, 1.807) is 0 Å². The van der Waals surface area contributed by atoms with E-state index in [9.17, 15) is 4.79 Å². The number of amides is 1. The van der Waals surface area contributed by atoms with Gasteiger partial charge in [0.05, 0.1) is 5.02 Å². The van der Waals surface area contributed by atoms with E-state index < -0.39 is 5.54 Å². The quantitative estimate of drug-likeness (QED) is 0.829. The second-order valence-corrected chi connectivity index (χ2v) is 6.06. The first-order chi connectivity index (χ1) is 9.56. The Bertz CT molecular complexity index is 679. The maximum Gasteiger partial charge on any atom is 0.264 e. The summed E-state index contributed by atoms with van der Waals surface area (Å²) in [5.74, 6) is 2.50. The van der Waals surface area contributed by atoms with Gasteiger partial charge in [0, 0.05) is 10.1 Å². The molecule has 0 saturated carbocycles. The molecule has 2 aromatic rings. The molecule has 0 aliphatic rings. The Balaban J connectivity index is 2.37. The molecule has 0 aliphatic heterocycles. The van der Waals surface area contributed by atoms with E-state index in [0.717, 1.165) is 10.1 Å². The molecular weight excluding hydrogens is 290 g/mol. The van der Waals surface area contributed by atoms with Crippen molar-refractivity contribution in [3.05, 3.63) is 34.2 Å². The minimum absolute atomic E-state index is 0.196. The van der Waals surface area contributed by atoms with Crippen LogP contribution in [0.4, 0.5) is 0 Å². The van der Waals surface area contributed by atoms with E-state index in [0.29, 0.717) is 22.7 Å². The van der Waals surface area contributed by atoms with E-state index in [2.05, 4.69) is 11.2 Å². The van der Waals surface area contributed by atoms with Crippen LogP contribution in [-0.2, 0) is 0 Å². The highest BCUT2D eigenvalue weighted by molar-refractivity contribution is 7.21. The van der Waals surface area contributed by atoms with Gasteiger partial charge in [-0.3, -0.25) is 4.79 Å². The predicted octanol–water partition coefficient (Wildman–Crippen LogP) is 4.48. The molecule has 0 aliphatic carbocycles. The SMILES string of the molecule is C#CC(CC)(CC)NC(=O)c1sc2ccccc2c1Cl. The Kier molecular flexibility index (Phi) is 4.37. The fourth-order valence-electron chi connectivity index (χ4n) is 2.10. The number of hydrogen-bond acceptors (Lipinski definition) is 2. The van der Waals surface area contributed by atoms with Crippen molar-refractivity contribution < 1.29 is 4.79 Å². The third-order valence-electron chi connectivity index (χ3n) is 3.58. The zero-order chi connectivity index (χ0) is 14.8. The molecule has 2 nitrogen and oxygen atoms in total. The highest BCUT2D eigenvalue weighted by Crippen LogP contribution is 2.35. The molecule has 1 amide bonds. The molecule has 2 rings (SSSR count). The van der Waals surface area contributed by atoms with Crippen LogP contribution in [-0.4, -0.2) is 11.4 Å². The number of halogens is 1. The number of thiophene rings is 1. The molecule has 1 N–H and O–H groups in total. The van der Waals surface area contributed by atoms with Crippen molar-refractivity contribution in [2.24, 2.45) is 0 Å². The summed E-state index contributed by atoms with van der Waals surface area (Å²) < 4.78 is 1.00. The van der Waals surface area contributed by atoms with Gasteiger partial charge in [-0.05, 0) is 18.9 Å². The Morgan fingerprint density at radius 1 is 1.40 bits per heavy atom. The van der Waals surface area contributed by atoms with Crippen molar-refractivity contribution in [1.29, 1.82) is 0 Å². The fourth-order valence-corrected chi connectivity index (χ4v) is 3.51. The van der Waals surface area contributed by atoms with Gasteiger partial charge in [-0.1, -0.05) is 49.6 Å². The largest absolute Gasteiger partial charge is 0.335 e. The number of carbonyl (C=O) groups excluding carboxylic acids is 1. The lowest BCUT2D eigenvalue weighted by Gasteiger charge is -2.26. The van der Waals surface area contributed by atoms with Crippen LogP contribution >= 0.6 is 22.9 Å². The number of nitrogens with one attached hydrogen (secondary N) is 1. The van der Waals surface area contributed by atoms with Crippen LogP contribution in [0.15, 0.2) is 24.3 Å². The second-order valence-electron chi connectivity index (χ2n) is 4.63. The minimum Gasteiger partial charge on any atom is -0.335 e. The lowest BCUT2D eigenvalue weighted by atomic mass is 9.94. The fraction of sp³-hybridized carbons (Fsp3) is 0.312. The summed E-state index contributed by atoms with van der Waals surface area (Å²) in [6.07, 6.45) is 6.95. The number of fused-ring (bicyclic) bond motifs is 1. The third kappa shape index (κ3) is 2.54. The summed E-state index contributed by atoms with van der Waals surface area (Å²) in [7, 11) is 0. The van der Waals surface area contributed by atoms with E-state index in [-0.39, 0.29) is 5.91 Å². The molecule has 0 bridgehead atoms. The van der Waals surface area contributed by atoms with Crippen LogP contribution in [0.2, 0.25) is 5.02 Å². The topological polar surface area (TPSA) is 29.1 Å². The molecule has 1 aromatic carbocycles. The zero-order valence-electron chi connectivity index (χ0n) is 11.5. The normalized spacial score (nSPS) is 11.3. The predicted molar refractivity (Wildman–Crippen MR) is 86.4 cm³/mol. The molecule has 0 atom stereocenters. The standard InChI is InChI=1S/C16H16ClNOS/c1-4-16(5-2,6-3)18-15(19)14-13(17)11-9-7-8-10-12(11)20-14/h1,7-10H,5-6H2,2-3H3,(H,18,19). The number of carbonyl (C=O) groups is 1. The molecule has 1 heterocycles. The van der Waals surface area contributed by atoms with Crippen LogP contribution in [0.5, 0.6) is 0 Å². The van der Waals surface area contributed by atoms with E-state index >= 15 is 0 Å². The van der Waals surface area contributed by atoms with Crippen molar-refractivity contribution >= 4 is 38.9 Å². The molecule has 1 aromatic heterocycles. The number of rotatable bonds is 4. The van der Waals surface area contributed by atoms with E-state index in [1.165, 1.54) is 11.3 Å². The van der Waals surface area contributed by atoms with Crippen molar-refractivity contribution in [1.82, 2.24) is 5.32 Å². The molecule has 104 valence electrons. The number of benzene rings is 1. The van der Waals surface area contributed by atoms with E-state index in [4.69, 9.17) is 18.0 Å². The second kappa shape index (κ2) is 5.87. The van der Waals surface area contributed by atoms with Crippen molar-refractivity contribution in [2.45, 2.75) is 32.2 Å². The average Bonchev–Trinajstić information content (AvgIpc) is 2.83. The Hall–Kier alpha value is -1.50. The van der Waals surface area contributed by atoms with Gasteiger partial charge in [-0.25, -0.2) is 0 Å². The van der Waals surface area contributed by atoms with Crippen LogP contribution in [0.1, 0.15) is 36.4 Å². The molecule has 0 spiro atoms. The third-order valence-corrected chi connectivity index (χ3v) is 5.25. The lowest BCUT2D eigenvalue weighted by molar-refractivity contribution is 0.0921. The van der Waals surface area contributed by atoms with Crippen LogP contribution in [0.25, 0.3) is 10.1 Å². The van der Waals surface area contributed by atoms with Crippen LogP contribution < -0.4 is 5.32 Å². The summed E-state index contributed by atoms with van der Waals surface area (Å²) in [6, 6.07) is 7.71. The molecule has 0 unspecified atom stereocenters. The maximum atomic E-state index is 12.4. The maximum absolute atomic E-state index is 12.4. The number of hydrogen-bond donors (Lipinski definition) is 1. The molecule has 0 fully saturated rings. The van der Waals surface area contributed by atoms with Gasteiger partial charge in [-0.15, -0.1) is 17.8 Å². The average molecular weight is 306 g/mol. The first-order valence-corrected chi connectivity index (χ1v) is 7.73. The monoisotopic (exact) mass is 305 g/mol. The van der Waals surface area contributed by atoms with Gasteiger partial charge in [0.15, 0.2) is 0 Å². The molecule has 0 saturated heterocycles. The lowest BCUT2D eigenvalue weighted by Crippen LogP contribution is -2.46. The molecular formula is C16H16ClNOS. The molecule has 0 radical (unpaired) electrons.